The lowest BCUT2D eigenvalue weighted by molar-refractivity contribution is -0.155. The molecule has 0 aromatic heterocycles. The van der Waals surface area contributed by atoms with Gasteiger partial charge in [0.05, 0.1) is 33.0 Å². The second-order valence-electron chi connectivity index (χ2n) is 5.77. The van der Waals surface area contributed by atoms with Crippen molar-refractivity contribution in [1.29, 1.82) is 0 Å². The molecule has 0 heterocycles. The number of esters is 2. The average molecular weight is 334 g/mol. The Morgan fingerprint density at radius 3 is 1.96 bits per heavy atom. The highest BCUT2D eigenvalue weighted by molar-refractivity contribution is 5.70. The fourth-order valence-corrected chi connectivity index (χ4v) is 1.51. The summed E-state index contributed by atoms with van der Waals surface area (Å²) in [6.07, 6.45) is 0.970. The molecule has 0 fully saturated rings. The summed E-state index contributed by atoms with van der Waals surface area (Å²) < 4.78 is 25.6. The minimum absolute atomic E-state index is 0.0572. The molecular formula is C16H30O7. The van der Waals surface area contributed by atoms with E-state index in [0.717, 1.165) is 0 Å². The van der Waals surface area contributed by atoms with Crippen molar-refractivity contribution in [3.05, 3.63) is 0 Å². The molecule has 0 aromatic carbocycles. The van der Waals surface area contributed by atoms with Crippen LogP contribution < -0.4 is 0 Å². The molecule has 0 aliphatic rings. The van der Waals surface area contributed by atoms with Crippen LogP contribution in [0, 0.1) is 0 Å². The minimum atomic E-state index is -0.443. The van der Waals surface area contributed by atoms with Gasteiger partial charge in [0.1, 0.15) is 12.2 Å². The lowest BCUT2D eigenvalue weighted by atomic mass is 10.2. The zero-order valence-electron chi connectivity index (χ0n) is 14.7. The van der Waals surface area contributed by atoms with Crippen LogP contribution in [0.4, 0.5) is 0 Å². The van der Waals surface area contributed by atoms with Crippen molar-refractivity contribution >= 4 is 11.9 Å². The summed E-state index contributed by atoms with van der Waals surface area (Å²) in [7, 11) is 0. The SMILES string of the molecule is CCOC(=O)COCCOCCOCCCC(=O)OC(C)(C)C. The van der Waals surface area contributed by atoms with Crippen molar-refractivity contribution in [1.82, 2.24) is 0 Å². The zero-order valence-corrected chi connectivity index (χ0v) is 14.7. The topological polar surface area (TPSA) is 80.3 Å². The lowest BCUT2D eigenvalue weighted by Crippen LogP contribution is -2.23. The molecule has 0 bridgehead atoms. The molecule has 0 amide bonds. The summed E-state index contributed by atoms with van der Waals surface area (Å²) in [5.74, 6) is -0.586. The van der Waals surface area contributed by atoms with Crippen LogP contribution in [0.15, 0.2) is 0 Å². The van der Waals surface area contributed by atoms with Crippen molar-refractivity contribution in [2.24, 2.45) is 0 Å². The molecule has 7 nitrogen and oxygen atoms in total. The number of ether oxygens (including phenoxy) is 5. The molecule has 0 aliphatic heterocycles. The van der Waals surface area contributed by atoms with E-state index in [1.165, 1.54) is 0 Å². The van der Waals surface area contributed by atoms with Crippen LogP contribution in [0.2, 0.25) is 0 Å². The van der Waals surface area contributed by atoms with E-state index >= 15 is 0 Å². The third kappa shape index (κ3) is 17.0. The maximum Gasteiger partial charge on any atom is 0.332 e. The first kappa shape index (κ1) is 21.8. The lowest BCUT2D eigenvalue weighted by Gasteiger charge is -2.19. The minimum Gasteiger partial charge on any atom is -0.464 e. The van der Waals surface area contributed by atoms with Crippen LogP contribution in [0.1, 0.15) is 40.5 Å². The summed E-state index contributed by atoms with van der Waals surface area (Å²) >= 11 is 0. The first-order valence-corrected chi connectivity index (χ1v) is 7.96. The van der Waals surface area contributed by atoms with Gasteiger partial charge in [0.25, 0.3) is 0 Å². The van der Waals surface area contributed by atoms with Gasteiger partial charge in [-0.05, 0) is 34.1 Å². The van der Waals surface area contributed by atoms with Crippen molar-refractivity contribution in [3.8, 4) is 0 Å². The van der Waals surface area contributed by atoms with E-state index in [4.69, 9.17) is 23.7 Å². The van der Waals surface area contributed by atoms with E-state index in [2.05, 4.69) is 0 Å². The molecule has 0 spiro atoms. The number of carbonyl (C=O) groups is 2. The molecule has 0 N–H and O–H groups in total. The standard InChI is InChI=1S/C16H30O7/c1-5-22-15(18)13-21-12-11-20-10-9-19-8-6-7-14(17)23-16(2,3)4/h5-13H2,1-4H3. The molecule has 0 unspecified atom stereocenters. The van der Waals surface area contributed by atoms with Gasteiger partial charge in [-0.2, -0.15) is 0 Å². The number of hydrogen-bond acceptors (Lipinski definition) is 7. The molecule has 0 radical (unpaired) electrons. The summed E-state index contributed by atoms with van der Waals surface area (Å²) in [6, 6.07) is 0. The van der Waals surface area contributed by atoms with Gasteiger partial charge in [-0.1, -0.05) is 0 Å². The molecule has 0 atom stereocenters. The summed E-state index contributed by atoms with van der Waals surface area (Å²) in [5, 5.41) is 0. The van der Waals surface area contributed by atoms with E-state index < -0.39 is 5.60 Å². The maximum atomic E-state index is 11.4. The molecule has 136 valence electrons. The monoisotopic (exact) mass is 334 g/mol. The molecule has 23 heavy (non-hydrogen) atoms. The van der Waals surface area contributed by atoms with Gasteiger partial charge in [0, 0.05) is 13.0 Å². The predicted octanol–water partition coefficient (Wildman–Crippen LogP) is 1.72. The molecule has 0 saturated carbocycles. The second kappa shape index (κ2) is 13.3. The van der Waals surface area contributed by atoms with Crippen molar-refractivity contribution in [2.45, 2.75) is 46.1 Å². The summed E-state index contributed by atoms with van der Waals surface area (Å²) in [6.45, 7) is 9.66. The van der Waals surface area contributed by atoms with Gasteiger partial charge in [0.2, 0.25) is 0 Å². The average Bonchev–Trinajstić information content (AvgIpc) is 2.43. The molecule has 0 aliphatic carbocycles. The van der Waals surface area contributed by atoms with E-state index in [1.807, 2.05) is 20.8 Å². The van der Waals surface area contributed by atoms with E-state index in [1.54, 1.807) is 6.92 Å². The van der Waals surface area contributed by atoms with Crippen molar-refractivity contribution in [3.63, 3.8) is 0 Å². The van der Waals surface area contributed by atoms with E-state index in [0.29, 0.717) is 52.5 Å². The van der Waals surface area contributed by atoms with Gasteiger partial charge in [-0.3, -0.25) is 4.79 Å². The molecule has 7 heteroatoms. The Kier molecular flexibility index (Phi) is 12.6. The van der Waals surface area contributed by atoms with Crippen LogP contribution in [0.25, 0.3) is 0 Å². The van der Waals surface area contributed by atoms with Crippen molar-refractivity contribution in [2.75, 3.05) is 46.2 Å². The van der Waals surface area contributed by atoms with E-state index in [-0.39, 0.29) is 18.5 Å². The van der Waals surface area contributed by atoms with Crippen LogP contribution in [-0.2, 0) is 33.3 Å². The Bertz CT molecular complexity index is 323. The van der Waals surface area contributed by atoms with Gasteiger partial charge >= 0.3 is 11.9 Å². The molecule has 0 aromatic rings. The van der Waals surface area contributed by atoms with Crippen LogP contribution in [0.5, 0.6) is 0 Å². The fraction of sp³-hybridized carbons (Fsp3) is 0.875. The summed E-state index contributed by atoms with van der Waals surface area (Å²) in [4.78, 5) is 22.4. The molecule has 0 rings (SSSR count). The quantitative estimate of drug-likeness (QED) is 0.375. The van der Waals surface area contributed by atoms with Gasteiger partial charge in [-0.25, -0.2) is 4.79 Å². The van der Waals surface area contributed by atoms with Crippen molar-refractivity contribution < 1.29 is 33.3 Å². The summed E-state index contributed by atoms with van der Waals surface area (Å²) in [5.41, 5.74) is -0.443. The fourth-order valence-electron chi connectivity index (χ4n) is 1.51. The third-order valence-electron chi connectivity index (χ3n) is 2.36. The predicted molar refractivity (Wildman–Crippen MR) is 84.2 cm³/mol. The highest BCUT2D eigenvalue weighted by Gasteiger charge is 2.15. The van der Waals surface area contributed by atoms with Gasteiger partial charge in [0.15, 0.2) is 0 Å². The first-order valence-electron chi connectivity index (χ1n) is 7.96. The third-order valence-corrected chi connectivity index (χ3v) is 2.36. The smallest absolute Gasteiger partial charge is 0.332 e. The maximum absolute atomic E-state index is 11.4. The Balaban J connectivity index is 3.25. The molecular weight excluding hydrogens is 304 g/mol. The van der Waals surface area contributed by atoms with Gasteiger partial charge < -0.3 is 23.7 Å². The first-order chi connectivity index (χ1) is 10.8. The normalized spacial score (nSPS) is 11.3. The Labute approximate surface area is 138 Å². The highest BCUT2D eigenvalue weighted by atomic mass is 16.6. The van der Waals surface area contributed by atoms with Crippen LogP contribution >= 0.6 is 0 Å². The van der Waals surface area contributed by atoms with Gasteiger partial charge in [-0.15, -0.1) is 0 Å². The number of rotatable bonds is 13. The Morgan fingerprint density at radius 1 is 0.826 bits per heavy atom. The Morgan fingerprint density at radius 2 is 1.39 bits per heavy atom. The van der Waals surface area contributed by atoms with Crippen LogP contribution in [-0.4, -0.2) is 63.8 Å². The van der Waals surface area contributed by atoms with Crippen LogP contribution in [0.3, 0.4) is 0 Å². The largest absolute Gasteiger partial charge is 0.464 e. The molecule has 0 saturated heterocycles. The second-order valence-corrected chi connectivity index (χ2v) is 5.77. The Hall–Kier alpha value is -1.18. The van der Waals surface area contributed by atoms with E-state index in [9.17, 15) is 9.59 Å². The number of hydrogen-bond donors (Lipinski definition) is 0. The number of carbonyl (C=O) groups excluding carboxylic acids is 2. The zero-order chi connectivity index (χ0) is 17.6. The highest BCUT2D eigenvalue weighted by Crippen LogP contribution is 2.08.